The highest BCUT2D eigenvalue weighted by molar-refractivity contribution is 6.11. The van der Waals surface area contributed by atoms with E-state index in [9.17, 15) is 14.0 Å². The fourth-order valence-electron chi connectivity index (χ4n) is 4.13. The van der Waals surface area contributed by atoms with Crippen molar-refractivity contribution >= 4 is 23.2 Å². The van der Waals surface area contributed by atoms with E-state index in [0.717, 1.165) is 17.0 Å². The van der Waals surface area contributed by atoms with Gasteiger partial charge in [0, 0.05) is 42.7 Å². The molecule has 0 radical (unpaired) electrons. The van der Waals surface area contributed by atoms with E-state index >= 15 is 0 Å². The zero-order chi connectivity index (χ0) is 25.8. The van der Waals surface area contributed by atoms with E-state index in [0.29, 0.717) is 41.7 Å². The van der Waals surface area contributed by atoms with Crippen LogP contribution < -0.4 is 20.1 Å². The highest BCUT2D eigenvalue weighted by atomic mass is 19.1. The van der Waals surface area contributed by atoms with Crippen LogP contribution in [0.1, 0.15) is 21.5 Å². The Hall–Kier alpha value is -4.73. The maximum atomic E-state index is 13.1. The lowest BCUT2D eigenvalue weighted by Gasteiger charge is -2.32. The molecular weight excluding hydrogens is 477 g/mol. The molecule has 0 fully saturated rings. The number of hydrogen-bond donors (Lipinski definition) is 2. The van der Waals surface area contributed by atoms with E-state index in [1.165, 1.54) is 31.5 Å². The fraction of sp³-hybridized carbons (Fsp3) is 0.185. The summed E-state index contributed by atoms with van der Waals surface area (Å²) in [7, 11) is 1.51. The van der Waals surface area contributed by atoms with Gasteiger partial charge in [-0.3, -0.25) is 19.6 Å². The third-order valence-corrected chi connectivity index (χ3v) is 5.93. The number of methoxy groups -OCH3 is 1. The van der Waals surface area contributed by atoms with Crippen LogP contribution in [0.3, 0.4) is 0 Å². The van der Waals surface area contributed by atoms with Gasteiger partial charge in [0.1, 0.15) is 17.5 Å². The van der Waals surface area contributed by atoms with Gasteiger partial charge < -0.3 is 25.0 Å². The summed E-state index contributed by atoms with van der Waals surface area (Å²) in [6.07, 6.45) is 4.64. The topological polar surface area (TPSA) is 105 Å². The molecule has 2 aromatic carbocycles. The van der Waals surface area contributed by atoms with Gasteiger partial charge in [-0.25, -0.2) is 4.39 Å². The molecule has 0 spiro atoms. The summed E-state index contributed by atoms with van der Waals surface area (Å²) in [4.78, 5) is 35.8. The second-order valence-electron chi connectivity index (χ2n) is 8.33. The normalized spacial score (nSPS) is 14.8. The minimum atomic E-state index is -0.342. The smallest absolute Gasteiger partial charge is 0.258 e. The Morgan fingerprint density at radius 3 is 2.78 bits per heavy atom. The predicted octanol–water partition coefficient (Wildman–Crippen LogP) is 3.14. The van der Waals surface area contributed by atoms with Crippen LogP contribution in [0, 0.1) is 5.82 Å². The van der Waals surface area contributed by atoms with Gasteiger partial charge in [0.2, 0.25) is 0 Å². The van der Waals surface area contributed by atoms with Crippen molar-refractivity contribution in [2.45, 2.75) is 6.54 Å². The van der Waals surface area contributed by atoms with Crippen molar-refractivity contribution in [3.8, 4) is 11.5 Å². The van der Waals surface area contributed by atoms with Crippen molar-refractivity contribution in [3.63, 3.8) is 0 Å². The quantitative estimate of drug-likeness (QED) is 0.361. The summed E-state index contributed by atoms with van der Waals surface area (Å²) in [6, 6.07) is 12.9. The third kappa shape index (κ3) is 5.13. The number of ether oxygens (including phenoxy) is 2. The molecule has 0 aliphatic carbocycles. The van der Waals surface area contributed by atoms with E-state index in [-0.39, 0.29) is 30.7 Å². The Labute approximate surface area is 212 Å². The number of pyridine rings is 1. The molecule has 1 aromatic heterocycles. The summed E-state index contributed by atoms with van der Waals surface area (Å²) in [5.41, 5.74) is 2.63. The number of allylic oxidation sites excluding steroid dienone is 1. The molecule has 37 heavy (non-hydrogen) atoms. The first-order chi connectivity index (χ1) is 18.0. The molecule has 0 atom stereocenters. The molecule has 3 heterocycles. The fourth-order valence-corrected chi connectivity index (χ4v) is 4.13. The highest BCUT2D eigenvalue weighted by Gasteiger charge is 2.33. The Morgan fingerprint density at radius 2 is 2.03 bits per heavy atom. The van der Waals surface area contributed by atoms with Gasteiger partial charge in [0.05, 0.1) is 19.3 Å². The van der Waals surface area contributed by atoms with Crippen molar-refractivity contribution in [3.05, 3.63) is 95.3 Å². The zero-order valence-electron chi connectivity index (χ0n) is 20.0. The number of nitrogens with one attached hydrogen (secondary N) is 2. The van der Waals surface area contributed by atoms with E-state index in [1.807, 2.05) is 11.0 Å². The second kappa shape index (κ2) is 10.5. The number of carbonyl (C=O) groups is 2. The van der Waals surface area contributed by atoms with Crippen LogP contribution in [-0.2, 0) is 11.3 Å². The maximum absolute atomic E-state index is 13.1. The number of benzene rings is 2. The number of hydrogen-bond acceptors (Lipinski definition) is 8. The van der Waals surface area contributed by atoms with Gasteiger partial charge in [0.25, 0.3) is 5.91 Å². The summed E-state index contributed by atoms with van der Waals surface area (Å²) in [5.74, 6) is 1.15. The second-order valence-corrected chi connectivity index (χ2v) is 8.33. The molecule has 5 rings (SSSR count). The number of ketones is 1. The average molecular weight is 502 g/mol. The number of aromatic nitrogens is 1. The first-order valence-electron chi connectivity index (χ1n) is 11.6. The van der Waals surface area contributed by atoms with E-state index in [2.05, 4.69) is 20.6 Å². The Morgan fingerprint density at radius 1 is 1.19 bits per heavy atom. The SMILES string of the molecule is COc1c(OCC(=O)NCc2ccc(F)cc2)ccc2c1N/C(=C\C(=O)c1cccnc1)N1CCN=C21. The summed E-state index contributed by atoms with van der Waals surface area (Å²) in [5, 5.41) is 6.04. The Balaban J connectivity index is 1.34. The highest BCUT2D eigenvalue weighted by Crippen LogP contribution is 2.43. The molecule has 0 saturated heterocycles. The molecule has 0 unspecified atom stereocenters. The minimum absolute atomic E-state index is 0.200. The molecule has 0 saturated carbocycles. The van der Waals surface area contributed by atoms with Crippen molar-refractivity contribution in [2.24, 2.45) is 4.99 Å². The predicted molar refractivity (Wildman–Crippen MR) is 135 cm³/mol. The molecule has 3 aromatic rings. The van der Waals surface area contributed by atoms with Crippen molar-refractivity contribution in [2.75, 3.05) is 32.1 Å². The number of halogens is 1. The van der Waals surface area contributed by atoms with Crippen LogP contribution in [-0.4, -0.2) is 54.2 Å². The van der Waals surface area contributed by atoms with E-state index in [4.69, 9.17) is 9.47 Å². The number of rotatable bonds is 8. The van der Waals surface area contributed by atoms with Crippen LogP contribution in [0.5, 0.6) is 11.5 Å². The van der Waals surface area contributed by atoms with Gasteiger partial charge in [0.15, 0.2) is 23.9 Å². The lowest BCUT2D eigenvalue weighted by atomic mass is 10.1. The molecular formula is C27H24FN5O4. The van der Waals surface area contributed by atoms with E-state index < -0.39 is 0 Å². The van der Waals surface area contributed by atoms with Gasteiger partial charge in [-0.2, -0.15) is 0 Å². The van der Waals surface area contributed by atoms with E-state index in [1.54, 1.807) is 36.5 Å². The summed E-state index contributed by atoms with van der Waals surface area (Å²) < 4.78 is 24.5. The Kier molecular flexibility index (Phi) is 6.80. The molecule has 9 nitrogen and oxygen atoms in total. The number of fused-ring (bicyclic) bond motifs is 3. The monoisotopic (exact) mass is 501 g/mol. The lowest BCUT2D eigenvalue weighted by molar-refractivity contribution is -0.123. The third-order valence-electron chi connectivity index (χ3n) is 5.93. The van der Waals surface area contributed by atoms with Gasteiger partial charge in [-0.05, 0) is 42.0 Å². The molecule has 2 aliphatic rings. The summed E-state index contributed by atoms with van der Waals surface area (Å²) >= 11 is 0. The number of anilines is 1. The largest absolute Gasteiger partial charge is 0.491 e. The molecule has 188 valence electrons. The van der Waals surface area contributed by atoms with Crippen LogP contribution in [0.2, 0.25) is 0 Å². The zero-order valence-corrected chi connectivity index (χ0v) is 20.0. The van der Waals surface area contributed by atoms with Crippen molar-refractivity contribution < 1.29 is 23.5 Å². The molecule has 1 amide bonds. The van der Waals surface area contributed by atoms with Gasteiger partial charge in [-0.1, -0.05) is 12.1 Å². The van der Waals surface area contributed by atoms with Crippen LogP contribution in [0.4, 0.5) is 10.1 Å². The standard InChI is InChI=1S/C27H24FN5O4/c1-36-26-22(37-16-24(35)31-14-17-4-6-19(28)7-5-17)9-8-20-25(26)32-23(33-12-11-30-27(20)33)13-21(34)18-3-2-10-29-15-18/h2-10,13,15,32H,11-12,14,16H2,1H3,(H,31,35)/b23-13+. The van der Waals surface area contributed by atoms with Gasteiger partial charge in [-0.15, -0.1) is 0 Å². The summed E-state index contributed by atoms with van der Waals surface area (Å²) in [6.45, 7) is 1.22. The molecule has 2 N–H and O–H groups in total. The molecule has 0 bridgehead atoms. The van der Waals surface area contributed by atoms with Crippen LogP contribution in [0.15, 0.2) is 77.8 Å². The van der Waals surface area contributed by atoms with Gasteiger partial charge >= 0.3 is 0 Å². The lowest BCUT2D eigenvalue weighted by Crippen LogP contribution is -2.36. The number of aliphatic imine (C=N–C) groups is 1. The number of nitrogens with zero attached hydrogens (tertiary/aromatic N) is 3. The van der Waals surface area contributed by atoms with Crippen molar-refractivity contribution in [1.82, 2.24) is 15.2 Å². The Bertz CT molecular complexity index is 1390. The maximum Gasteiger partial charge on any atom is 0.258 e. The minimum Gasteiger partial charge on any atom is -0.491 e. The van der Waals surface area contributed by atoms with Crippen LogP contribution in [0.25, 0.3) is 0 Å². The van der Waals surface area contributed by atoms with Crippen LogP contribution >= 0.6 is 0 Å². The number of amides is 1. The molecule has 2 aliphatic heterocycles. The van der Waals surface area contributed by atoms with Crippen molar-refractivity contribution in [1.29, 1.82) is 0 Å². The first kappa shape index (κ1) is 24.0. The molecule has 10 heteroatoms. The average Bonchev–Trinajstić information content (AvgIpc) is 3.42. The number of amidine groups is 1. The first-order valence-corrected chi connectivity index (χ1v) is 11.6. The number of carbonyl (C=O) groups excluding carboxylic acids is 2.